The van der Waals surface area contributed by atoms with E-state index in [1.54, 1.807) is 0 Å². The van der Waals surface area contributed by atoms with Crippen molar-refractivity contribution in [3.8, 4) is 0 Å². The monoisotopic (exact) mass is 723 g/mol. The fourth-order valence-electron chi connectivity index (χ4n) is 5.11. The Labute approximate surface area is 291 Å². The van der Waals surface area contributed by atoms with E-state index in [0.717, 1.165) is 5.56 Å². The molecule has 7 rings (SSSR count). The molecule has 7 aromatic carbocycles. The normalized spacial score (nSPS) is 10.0. The Balaban J connectivity index is 0.000000170. The molecule has 0 heterocycles. The molecule has 7 aromatic rings. The Kier molecular flexibility index (Phi) is 14.7. The van der Waals surface area contributed by atoms with E-state index < -0.39 is 15.8 Å². The van der Waals surface area contributed by atoms with Crippen molar-refractivity contribution in [1.29, 1.82) is 0 Å². The molecule has 0 aliphatic carbocycles. The Morgan fingerprint density at radius 3 is 0.522 bits per heavy atom. The summed E-state index contributed by atoms with van der Waals surface area (Å²) in [5, 5.41) is 8.61. The van der Waals surface area contributed by atoms with Crippen LogP contribution in [0.1, 0.15) is 5.56 Å². The molecule has 0 aliphatic rings. The maximum absolute atomic E-state index is 3.72. The van der Waals surface area contributed by atoms with Crippen LogP contribution >= 0.6 is 15.8 Å². The van der Waals surface area contributed by atoms with Crippen molar-refractivity contribution in [2.75, 3.05) is 0 Å². The van der Waals surface area contributed by atoms with Crippen LogP contribution in [0.5, 0.6) is 0 Å². The quantitative estimate of drug-likeness (QED) is 0.0922. The van der Waals surface area contributed by atoms with Gasteiger partial charge in [-0.15, -0.1) is 12.1 Å². The number of hydrogen-bond donors (Lipinski definition) is 0. The largest absolute Gasteiger partial charge is 0.199 e. The van der Waals surface area contributed by atoms with Crippen molar-refractivity contribution in [2.24, 2.45) is 0 Å². The van der Waals surface area contributed by atoms with Gasteiger partial charge in [0.1, 0.15) is 31.8 Å². The molecule has 0 spiro atoms. The Morgan fingerprint density at radius 1 is 0.239 bits per heavy atom. The van der Waals surface area contributed by atoms with Crippen LogP contribution in [0.15, 0.2) is 212 Å². The van der Waals surface area contributed by atoms with Gasteiger partial charge < -0.3 is 0 Å². The van der Waals surface area contributed by atoms with Crippen molar-refractivity contribution in [3.63, 3.8) is 0 Å². The first kappa shape index (κ1) is 34.8. The van der Waals surface area contributed by atoms with Crippen LogP contribution < -0.4 is 31.8 Å². The maximum atomic E-state index is 3.72. The van der Waals surface area contributed by atoms with E-state index in [-0.39, 0.29) is 20.4 Å². The van der Waals surface area contributed by atoms with Gasteiger partial charge >= 0.3 is 0 Å². The third-order valence-corrected chi connectivity index (χ3v) is 12.7. The van der Waals surface area contributed by atoms with Crippen LogP contribution in [-0.4, -0.2) is 0 Å². The first-order valence-electron chi connectivity index (χ1n) is 15.2. The molecule has 0 fully saturated rings. The zero-order valence-corrected chi connectivity index (χ0v) is 29.3. The third-order valence-electron chi connectivity index (χ3n) is 7.22. The van der Waals surface area contributed by atoms with Crippen LogP contribution in [0.3, 0.4) is 0 Å². The summed E-state index contributed by atoms with van der Waals surface area (Å²) in [5.74, 6) is 0. The van der Waals surface area contributed by atoms with Crippen LogP contribution in [0.25, 0.3) is 0 Å². The fraction of sp³-hybridized carbons (Fsp3) is 0. The number of benzene rings is 7. The Bertz CT molecular complexity index is 1460. The summed E-state index contributed by atoms with van der Waals surface area (Å²) in [5.41, 5.74) is 1.07. The Hall–Kier alpha value is -4.07. The molecule has 3 heteroatoms. The molecular weight excluding hydrogens is 685 g/mol. The first-order valence-corrected chi connectivity index (χ1v) is 18.2. The van der Waals surface area contributed by atoms with Gasteiger partial charge in [-0.3, -0.25) is 0 Å². The number of hydrogen-bond acceptors (Lipinski definition) is 0. The van der Waals surface area contributed by atoms with Gasteiger partial charge in [-0.2, -0.15) is 24.6 Å². The zero-order chi connectivity index (χ0) is 30.9. The fourth-order valence-corrected chi connectivity index (χ4v) is 10.3. The van der Waals surface area contributed by atoms with Gasteiger partial charge in [0.25, 0.3) is 0 Å². The minimum Gasteiger partial charge on any atom is -0.199 e. The summed E-state index contributed by atoms with van der Waals surface area (Å²) in [7, 11) is -1.75. The second kappa shape index (κ2) is 19.4. The minimum absolute atomic E-state index is 0. The molecule has 0 radical (unpaired) electrons. The summed E-state index contributed by atoms with van der Waals surface area (Å²) >= 11 is 0. The van der Waals surface area contributed by atoms with Crippen LogP contribution in [0.4, 0.5) is 0 Å². The van der Waals surface area contributed by atoms with E-state index in [1.165, 1.54) is 31.8 Å². The average molecular weight is 724 g/mol. The van der Waals surface area contributed by atoms with Gasteiger partial charge in [-0.25, -0.2) is 0 Å². The molecule has 0 amide bonds. The summed E-state index contributed by atoms with van der Waals surface area (Å²) in [6.45, 7) is 3.72. The van der Waals surface area contributed by atoms with Gasteiger partial charge in [0, 0.05) is 20.4 Å². The molecule has 0 bridgehead atoms. The van der Waals surface area contributed by atoms with E-state index >= 15 is 0 Å². The summed E-state index contributed by atoms with van der Waals surface area (Å²) < 4.78 is 0. The second-order valence-corrected chi connectivity index (χ2v) is 15.4. The minimum atomic E-state index is -0.877. The van der Waals surface area contributed by atoms with E-state index in [0.29, 0.717) is 0 Å². The van der Waals surface area contributed by atoms with Gasteiger partial charge in [-0.05, 0) is 72.8 Å². The van der Waals surface area contributed by atoms with Crippen molar-refractivity contribution >= 4 is 47.7 Å². The first-order chi connectivity index (χ1) is 22.3. The molecule has 0 aliphatic heterocycles. The molecule has 0 nitrogen and oxygen atoms in total. The average Bonchev–Trinajstić information content (AvgIpc) is 3.12. The van der Waals surface area contributed by atoms with Gasteiger partial charge in [0.15, 0.2) is 0 Å². The molecule has 0 saturated carbocycles. The maximum Gasteiger partial charge on any atom is 0.102 e. The summed E-state index contributed by atoms with van der Waals surface area (Å²) in [6.07, 6.45) is 0. The Morgan fingerprint density at radius 2 is 0.391 bits per heavy atom. The molecule has 0 atom stereocenters. The summed E-state index contributed by atoms with van der Waals surface area (Å²) in [6, 6.07) is 74.9. The van der Waals surface area contributed by atoms with Gasteiger partial charge in [0.05, 0.1) is 15.8 Å². The SMILES string of the molecule is [CH2-]c1ccccc1.[Pd].c1ccc([PH+](c2ccccc2)c2ccccc2)cc1.c1ccc([PH+](c2ccccc2)c2ccccc2)cc1. The number of rotatable bonds is 6. The predicted molar refractivity (Wildman–Crippen MR) is 204 cm³/mol. The third kappa shape index (κ3) is 10.5. The van der Waals surface area contributed by atoms with E-state index in [9.17, 15) is 0 Å². The molecule has 46 heavy (non-hydrogen) atoms. The molecule has 0 saturated heterocycles. The second-order valence-electron chi connectivity index (χ2n) is 10.4. The topological polar surface area (TPSA) is 0 Å². The van der Waals surface area contributed by atoms with Crippen molar-refractivity contribution < 1.29 is 20.4 Å². The van der Waals surface area contributed by atoms with E-state index in [2.05, 4.69) is 189 Å². The molecule has 0 aromatic heterocycles. The van der Waals surface area contributed by atoms with Gasteiger partial charge in [-0.1, -0.05) is 115 Å². The standard InChI is InChI=1S/2C18H15P.C7H7.Pd/c2*1-4-10-16(11-5-1)19(17-12-6-2-7-13-17)18-14-8-3-9-15-18;1-7-5-3-2-4-6-7;/h2*1-15H;2-6H,1H2;/q;;-1;/p+2. The smallest absolute Gasteiger partial charge is 0.102 e. The van der Waals surface area contributed by atoms with Crippen LogP contribution in [0, 0.1) is 6.92 Å². The summed E-state index contributed by atoms with van der Waals surface area (Å²) in [4.78, 5) is 0. The van der Waals surface area contributed by atoms with Crippen LogP contribution in [-0.2, 0) is 20.4 Å². The zero-order valence-electron chi connectivity index (χ0n) is 25.7. The molecule has 0 N–H and O–H groups in total. The van der Waals surface area contributed by atoms with Crippen molar-refractivity contribution in [3.05, 3.63) is 225 Å². The van der Waals surface area contributed by atoms with Crippen LogP contribution in [0.2, 0.25) is 0 Å². The van der Waals surface area contributed by atoms with E-state index in [1.807, 2.05) is 30.3 Å². The van der Waals surface area contributed by atoms with E-state index in [4.69, 9.17) is 0 Å². The molecular formula is C43H39P2Pd+. The van der Waals surface area contributed by atoms with Crippen molar-refractivity contribution in [1.82, 2.24) is 0 Å². The molecule has 0 unspecified atom stereocenters. The van der Waals surface area contributed by atoms with Gasteiger partial charge in [0.2, 0.25) is 0 Å². The molecule has 230 valence electrons. The predicted octanol–water partition coefficient (Wildman–Crippen LogP) is 8.22. The van der Waals surface area contributed by atoms with Crippen molar-refractivity contribution in [2.45, 2.75) is 0 Å².